The van der Waals surface area contributed by atoms with E-state index >= 15 is 0 Å². The predicted octanol–water partition coefficient (Wildman–Crippen LogP) is 1.65. The molecule has 2 aliphatic heterocycles. The maximum absolute atomic E-state index is 14.6. The lowest BCUT2D eigenvalue weighted by Crippen LogP contribution is -2.48. The summed E-state index contributed by atoms with van der Waals surface area (Å²) in [7, 11) is 1.47. The summed E-state index contributed by atoms with van der Waals surface area (Å²) >= 11 is 1.46. The second-order valence-electron chi connectivity index (χ2n) is 8.18. The molecule has 0 radical (unpaired) electrons. The first-order chi connectivity index (χ1) is 17.0. The number of nitrogens with one attached hydrogen (secondary N) is 2. The summed E-state index contributed by atoms with van der Waals surface area (Å²) in [5.74, 6) is 0.667. The van der Waals surface area contributed by atoms with Crippen LogP contribution in [-0.2, 0) is 27.2 Å². The highest BCUT2D eigenvalue weighted by Crippen LogP contribution is 2.29. The smallest absolute Gasteiger partial charge is 0.235 e. The normalized spacial score (nSPS) is 20.8. The lowest BCUT2D eigenvalue weighted by molar-refractivity contribution is -0.230. The highest BCUT2D eigenvalue weighted by atomic mass is 32.2. The number of rotatable bonds is 7. The van der Waals surface area contributed by atoms with Gasteiger partial charge in [0.2, 0.25) is 11.8 Å². The van der Waals surface area contributed by atoms with Gasteiger partial charge in [-0.2, -0.15) is 0 Å². The molecule has 0 spiro atoms. The van der Waals surface area contributed by atoms with Gasteiger partial charge in [0.1, 0.15) is 17.7 Å². The van der Waals surface area contributed by atoms with Crippen LogP contribution in [0.4, 0.5) is 10.2 Å². The average Bonchev–Trinajstić information content (AvgIpc) is 2.88. The second kappa shape index (κ2) is 10.4. The van der Waals surface area contributed by atoms with Gasteiger partial charge in [0, 0.05) is 24.6 Å². The molecule has 3 N–H and O–H groups in total. The average molecular weight is 502 g/mol. The number of halogens is 1. The van der Waals surface area contributed by atoms with Crippen LogP contribution in [0, 0.1) is 5.82 Å². The van der Waals surface area contributed by atoms with Crippen LogP contribution < -0.4 is 15.4 Å². The molecule has 1 fully saturated rings. The van der Waals surface area contributed by atoms with E-state index in [1.54, 1.807) is 12.1 Å². The quantitative estimate of drug-likeness (QED) is 0.440. The number of aliphatic hydroxyl groups excluding tert-OH is 1. The molecule has 0 aliphatic carbocycles. The van der Waals surface area contributed by atoms with Gasteiger partial charge in [0.25, 0.3) is 0 Å². The number of aromatic nitrogens is 3. The van der Waals surface area contributed by atoms with Crippen LogP contribution in [0.25, 0.3) is 11.0 Å². The summed E-state index contributed by atoms with van der Waals surface area (Å²) < 4.78 is 31.1. The summed E-state index contributed by atoms with van der Waals surface area (Å²) in [4.78, 5) is 25.4. The molecule has 1 saturated heterocycles. The Balaban J connectivity index is 1.16. The monoisotopic (exact) mass is 501 g/mol. The Hall–Kier alpha value is -2.90. The van der Waals surface area contributed by atoms with E-state index in [2.05, 4.69) is 25.6 Å². The van der Waals surface area contributed by atoms with Crippen molar-refractivity contribution in [2.75, 3.05) is 31.4 Å². The Labute approximate surface area is 204 Å². The number of hydrogen-bond acceptors (Lipinski definition) is 10. The molecule has 10 nitrogen and oxygen atoms in total. The van der Waals surface area contributed by atoms with Crippen molar-refractivity contribution in [3.8, 4) is 5.88 Å². The molecule has 0 aromatic carbocycles. The van der Waals surface area contributed by atoms with E-state index in [0.29, 0.717) is 48.2 Å². The number of anilines is 1. The standard InChI is InChI=1S/C23H24FN5O5S/c1-32-20-5-3-16-21(29-20)14(15(24)8-26-16)6-17(30)23-33-9-13(10-34-23)25-7-12-2-4-18-22(27-12)28-19(31)11-35-18/h2-5,8,13,17,23,25,30H,6-7,9-11H2,1H3,(H,27,28,31)/t13-,17-,23-/m0/s1. The molecule has 0 bridgehead atoms. The molecule has 5 heterocycles. The van der Waals surface area contributed by atoms with Crippen molar-refractivity contribution < 1.29 is 28.5 Å². The fourth-order valence-corrected chi connectivity index (χ4v) is 4.66. The third-order valence-corrected chi connectivity index (χ3v) is 6.75. The number of hydrogen-bond donors (Lipinski definition) is 3. The van der Waals surface area contributed by atoms with E-state index in [-0.39, 0.29) is 23.9 Å². The first-order valence-corrected chi connectivity index (χ1v) is 12.0. The fourth-order valence-electron chi connectivity index (χ4n) is 3.90. The van der Waals surface area contributed by atoms with Crippen molar-refractivity contribution in [2.24, 2.45) is 0 Å². The molecule has 35 heavy (non-hydrogen) atoms. The first-order valence-electron chi connectivity index (χ1n) is 11.1. The van der Waals surface area contributed by atoms with E-state index in [0.717, 1.165) is 16.8 Å². The molecule has 0 saturated carbocycles. The maximum atomic E-state index is 14.6. The molecule has 3 aromatic rings. The van der Waals surface area contributed by atoms with Crippen LogP contribution in [0.15, 0.2) is 35.4 Å². The molecule has 3 aromatic heterocycles. The summed E-state index contributed by atoms with van der Waals surface area (Å²) in [6, 6.07) is 7.05. The Kier molecular flexibility index (Phi) is 7.07. The number of pyridine rings is 3. The topological polar surface area (TPSA) is 128 Å². The van der Waals surface area contributed by atoms with Gasteiger partial charge < -0.3 is 30.0 Å². The number of ether oxygens (including phenoxy) is 3. The number of thioether (sulfide) groups is 1. The van der Waals surface area contributed by atoms with Crippen LogP contribution in [0.5, 0.6) is 5.88 Å². The van der Waals surface area contributed by atoms with E-state index in [1.165, 1.54) is 18.9 Å². The Morgan fingerprint density at radius 2 is 2.11 bits per heavy atom. The van der Waals surface area contributed by atoms with Crippen LogP contribution in [0.3, 0.4) is 0 Å². The van der Waals surface area contributed by atoms with E-state index in [1.807, 2.05) is 12.1 Å². The van der Waals surface area contributed by atoms with E-state index in [9.17, 15) is 14.3 Å². The molecular weight excluding hydrogens is 477 g/mol. The summed E-state index contributed by atoms with van der Waals surface area (Å²) in [5.41, 5.74) is 1.82. The van der Waals surface area contributed by atoms with Crippen molar-refractivity contribution in [3.63, 3.8) is 0 Å². The molecule has 1 atom stereocenters. The van der Waals surface area contributed by atoms with Gasteiger partial charge in [0.05, 0.1) is 59.9 Å². The number of amides is 1. The Bertz CT molecular complexity index is 1240. The number of aliphatic hydroxyl groups is 1. The van der Waals surface area contributed by atoms with Crippen molar-refractivity contribution in [3.05, 3.63) is 47.5 Å². The van der Waals surface area contributed by atoms with Gasteiger partial charge in [-0.25, -0.2) is 14.4 Å². The highest BCUT2D eigenvalue weighted by molar-refractivity contribution is 8.00. The summed E-state index contributed by atoms with van der Waals surface area (Å²) in [5, 5.41) is 16.8. The summed E-state index contributed by atoms with van der Waals surface area (Å²) in [6.45, 7) is 1.05. The van der Waals surface area contributed by atoms with Gasteiger partial charge in [-0.05, 0) is 18.2 Å². The predicted molar refractivity (Wildman–Crippen MR) is 126 cm³/mol. The Morgan fingerprint density at radius 1 is 1.29 bits per heavy atom. The largest absolute Gasteiger partial charge is 0.481 e. The van der Waals surface area contributed by atoms with Crippen molar-refractivity contribution in [1.29, 1.82) is 0 Å². The number of fused-ring (bicyclic) bond motifs is 2. The van der Waals surface area contributed by atoms with Crippen molar-refractivity contribution >= 4 is 34.5 Å². The zero-order chi connectivity index (χ0) is 24.4. The van der Waals surface area contributed by atoms with Gasteiger partial charge in [-0.15, -0.1) is 11.8 Å². The molecule has 5 rings (SSSR count). The third-order valence-electron chi connectivity index (χ3n) is 5.70. The van der Waals surface area contributed by atoms with Crippen LogP contribution in [0.1, 0.15) is 11.3 Å². The van der Waals surface area contributed by atoms with Gasteiger partial charge in [-0.1, -0.05) is 0 Å². The number of nitrogens with zero attached hydrogens (tertiary/aromatic N) is 3. The van der Waals surface area contributed by atoms with Crippen LogP contribution in [0.2, 0.25) is 0 Å². The minimum Gasteiger partial charge on any atom is -0.481 e. The lowest BCUT2D eigenvalue weighted by Gasteiger charge is -2.32. The minimum atomic E-state index is -1.10. The zero-order valence-electron chi connectivity index (χ0n) is 18.9. The number of methoxy groups -OCH3 is 1. The lowest BCUT2D eigenvalue weighted by atomic mass is 10.1. The Morgan fingerprint density at radius 3 is 2.91 bits per heavy atom. The van der Waals surface area contributed by atoms with Crippen LogP contribution >= 0.6 is 11.8 Å². The zero-order valence-corrected chi connectivity index (χ0v) is 19.7. The van der Waals surface area contributed by atoms with Gasteiger partial charge >= 0.3 is 0 Å². The molecule has 2 aliphatic rings. The van der Waals surface area contributed by atoms with E-state index < -0.39 is 18.2 Å². The maximum Gasteiger partial charge on any atom is 0.235 e. The first kappa shape index (κ1) is 23.8. The molecule has 184 valence electrons. The summed E-state index contributed by atoms with van der Waals surface area (Å²) in [6.07, 6.45) is -0.959. The molecule has 1 amide bonds. The second-order valence-corrected chi connectivity index (χ2v) is 9.19. The van der Waals surface area contributed by atoms with Crippen molar-refractivity contribution in [1.82, 2.24) is 20.3 Å². The van der Waals surface area contributed by atoms with E-state index in [4.69, 9.17) is 14.2 Å². The molecule has 12 heteroatoms. The SMILES string of the molecule is COc1ccc2ncc(F)c(C[C@H](O)[C@H]3OC[C@H](NCc4ccc5c(n4)NC(=O)CS5)CO3)c2n1. The fraction of sp³-hybridized carbons (Fsp3) is 0.391. The van der Waals surface area contributed by atoms with Crippen molar-refractivity contribution in [2.45, 2.75) is 36.3 Å². The third kappa shape index (κ3) is 5.36. The van der Waals surface area contributed by atoms with Crippen LogP contribution in [-0.4, -0.2) is 70.5 Å². The number of carbonyl (C=O) groups excluding carboxylic acids is 1. The van der Waals surface area contributed by atoms with Gasteiger partial charge in [-0.3, -0.25) is 9.78 Å². The molecule has 0 unspecified atom stereocenters. The minimum absolute atomic E-state index is 0.0590. The molecular formula is C23H24FN5O5S. The highest BCUT2D eigenvalue weighted by Gasteiger charge is 2.29. The number of carbonyl (C=O) groups is 1. The van der Waals surface area contributed by atoms with Gasteiger partial charge in [0.15, 0.2) is 6.29 Å².